The quantitative estimate of drug-likeness (QED) is 0.647. The Labute approximate surface area is 101 Å². The second-order valence-electron chi connectivity index (χ2n) is 4.82. The Hall–Kier alpha value is -1.10. The lowest BCUT2D eigenvalue weighted by Gasteiger charge is -2.24. The third kappa shape index (κ3) is 3.43. The predicted molar refractivity (Wildman–Crippen MR) is 62.5 cm³/mol. The molecule has 0 unspecified atom stereocenters. The molecule has 98 valence electrons. The van der Waals surface area contributed by atoms with Crippen molar-refractivity contribution in [2.75, 3.05) is 6.61 Å². The first-order chi connectivity index (χ1) is 8.04. The number of nitrogens with one attached hydrogen (secondary N) is 1. The van der Waals surface area contributed by atoms with Crippen LogP contribution in [0.5, 0.6) is 0 Å². The minimum atomic E-state index is -0.877. The molecule has 5 nitrogen and oxygen atoms in total. The van der Waals surface area contributed by atoms with Crippen LogP contribution in [0.15, 0.2) is 0 Å². The monoisotopic (exact) mass is 243 g/mol. The van der Waals surface area contributed by atoms with Gasteiger partial charge >= 0.3 is 5.97 Å². The summed E-state index contributed by atoms with van der Waals surface area (Å²) in [6, 6.07) is -0.269. The lowest BCUT2D eigenvalue weighted by atomic mass is 9.82. The summed E-state index contributed by atoms with van der Waals surface area (Å²) >= 11 is 0. The zero-order chi connectivity index (χ0) is 12.9. The van der Waals surface area contributed by atoms with Crippen molar-refractivity contribution in [2.45, 2.75) is 51.5 Å². The van der Waals surface area contributed by atoms with Crippen molar-refractivity contribution in [3.05, 3.63) is 0 Å². The summed E-state index contributed by atoms with van der Waals surface area (Å²) in [6.07, 6.45) is 3.56. The zero-order valence-corrected chi connectivity index (χ0v) is 10.2. The van der Waals surface area contributed by atoms with E-state index >= 15 is 0 Å². The van der Waals surface area contributed by atoms with E-state index < -0.39 is 11.4 Å². The Bertz CT molecular complexity index is 280. The first-order valence-electron chi connectivity index (χ1n) is 6.17. The van der Waals surface area contributed by atoms with Gasteiger partial charge in [-0.1, -0.05) is 19.8 Å². The Balaban J connectivity index is 2.56. The van der Waals surface area contributed by atoms with Gasteiger partial charge in [0.1, 0.15) is 0 Å². The third-order valence-corrected chi connectivity index (χ3v) is 3.59. The van der Waals surface area contributed by atoms with Crippen LogP contribution in [0.3, 0.4) is 0 Å². The normalized spacial score (nSPS) is 19.9. The van der Waals surface area contributed by atoms with Crippen LogP contribution in [-0.2, 0) is 9.59 Å². The lowest BCUT2D eigenvalue weighted by Crippen LogP contribution is -2.41. The largest absolute Gasteiger partial charge is 0.481 e. The van der Waals surface area contributed by atoms with Crippen molar-refractivity contribution in [3.8, 4) is 0 Å². The fourth-order valence-corrected chi connectivity index (χ4v) is 2.38. The van der Waals surface area contributed by atoms with E-state index in [1.54, 1.807) is 0 Å². The van der Waals surface area contributed by atoms with Crippen molar-refractivity contribution in [1.29, 1.82) is 0 Å². The number of aliphatic hydroxyl groups is 1. The number of aliphatic hydroxyl groups excluding tert-OH is 1. The van der Waals surface area contributed by atoms with Crippen LogP contribution in [0.4, 0.5) is 0 Å². The topological polar surface area (TPSA) is 86.6 Å². The van der Waals surface area contributed by atoms with E-state index in [9.17, 15) is 14.7 Å². The molecule has 1 atom stereocenters. The molecule has 0 heterocycles. The highest BCUT2D eigenvalue weighted by Crippen LogP contribution is 2.41. The second kappa shape index (κ2) is 6.00. The highest BCUT2D eigenvalue weighted by Gasteiger charge is 2.43. The van der Waals surface area contributed by atoms with E-state index in [1.165, 1.54) is 0 Å². The number of amides is 1. The lowest BCUT2D eigenvalue weighted by molar-refractivity contribution is -0.151. The van der Waals surface area contributed by atoms with Gasteiger partial charge in [-0.3, -0.25) is 9.59 Å². The van der Waals surface area contributed by atoms with E-state index in [-0.39, 0.29) is 25.0 Å². The van der Waals surface area contributed by atoms with Crippen molar-refractivity contribution >= 4 is 11.9 Å². The number of carboxylic acids is 1. The van der Waals surface area contributed by atoms with Crippen molar-refractivity contribution in [1.82, 2.24) is 5.32 Å². The van der Waals surface area contributed by atoms with Gasteiger partial charge in [0.15, 0.2) is 0 Å². The Kier molecular flexibility index (Phi) is 4.93. The Morgan fingerprint density at radius 2 is 1.94 bits per heavy atom. The van der Waals surface area contributed by atoms with Gasteiger partial charge in [0.25, 0.3) is 0 Å². The van der Waals surface area contributed by atoms with Gasteiger partial charge < -0.3 is 15.5 Å². The fourth-order valence-electron chi connectivity index (χ4n) is 2.38. The zero-order valence-electron chi connectivity index (χ0n) is 10.2. The summed E-state index contributed by atoms with van der Waals surface area (Å²) < 4.78 is 0. The number of rotatable bonds is 6. The summed E-state index contributed by atoms with van der Waals surface area (Å²) in [4.78, 5) is 23.0. The maximum atomic E-state index is 11.8. The number of carbonyl (C=O) groups is 2. The molecule has 0 spiro atoms. The summed E-state index contributed by atoms with van der Waals surface area (Å²) in [5.41, 5.74) is -0.877. The maximum Gasteiger partial charge on any atom is 0.310 e. The molecule has 0 radical (unpaired) electrons. The van der Waals surface area contributed by atoms with Crippen LogP contribution in [0.2, 0.25) is 0 Å². The first kappa shape index (κ1) is 14.0. The van der Waals surface area contributed by atoms with Gasteiger partial charge in [-0.2, -0.15) is 0 Å². The molecule has 0 aliphatic heterocycles. The molecule has 1 aliphatic rings. The van der Waals surface area contributed by atoms with Gasteiger partial charge in [-0.15, -0.1) is 0 Å². The molecule has 1 amide bonds. The van der Waals surface area contributed by atoms with Gasteiger partial charge in [0.2, 0.25) is 5.91 Å². The van der Waals surface area contributed by atoms with E-state index in [4.69, 9.17) is 5.11 Å². The van der Waals surface area contributed by atoms with Crippen LogP contribution in [-0.4, -0.2) is 34.7 Å². The van der Waals surface area contributed by atoms with Crippen molar-refractivity contribution in [3.63, 3.8) is 0 Å². The molecular weight excluding hydrogens is 222 g/mol. The SMILES string of the molecule is CC[C@@H](CO)NC(=O)CC1(C(=O)O)CCCC1. The molecule has 1 rings (SSSR count). The van der Waals surface area contributed by atoms with Crippen LogP contribution >= 0.6 is 0 Å². The average Bonchev–Trinajstić information content (AvgIpc) is 2.75. The van der Waals surface area contributed by atoms with E-state index in [2.05, 4.69) is 5.32 Å². The second-order valence-corrected chi connectivity index (χ2v) is 4.82. The number of aliphatic carboxylic acids is 1. The highest BCUT2D eigenvalue weighted by molar-refractivity contribution is 5.85. The first-order valence-corrected chi connectivity index (χ1v) is 6.17. The predicted octanol–water partition coefficient (Wildman–Crippen LogP) is 0.909. The van der Waals surface area contributed by atoms with E-state index in [1.807, 2.05) is 6.92 Å². The minimum Gasteiger partial charge on any atom is -0.481 e. The van der Waals surface area contributed by atoms with E-state index in [0.717, 1.165) is 12.8 Å². The molecule has 1 fully saturated rings. The molecule has 3 N–H and O–H groups in total. The van der Waals surface area contributed by atoms with Crippen LogP contribution in [0.1, 0.15) is 45.4 Å². The number of hydrogen-bond acceptors (Lipinski definition) is 3. The van der Waals surface area contributed by atoms with Gasteiger partial charge in [0.05, 0.1) is 18.1 Å². The molecule has 0 aromatic rings. The number of carbonyl (C=O) groups excluding carboxylic acids is 1. The van der Waals surface area contributed by atoms with Crippen LogP contribution in [0.25, 0.3) is 0 Å². The van der Waals surface area contributed by atoms with Crippen LogP contribution in [0, 0.1) is 5.41 Å². The summed E-state index contributed by atoms with van der Waals surface area (Å²) in [7, 11) is 0. The minimum absolute atomic E-state index is 0.0266. The van der Waals surface area contributed by atoms with E-state index in [0.29, 0.717) is 19.3 Å². The molecule has 5 heteroatoms. The summed E-state index contributed by atoms with van der Waals surface area (Å²) in [6.45, 7) is 1.76. The Morgan fingerprint density at radius 1 is 1.35 bits per heavy atom. The summed E-state index contributed by atoms with van der Waals surface area (Å²) in [5, 5.41) is 20.9. The molecule has 0 saturated heterocycles. The molecule has 0 aromatic carbocycles. The maximum absolute atomic E-state index is 11.8. The molecule has 0 aromatic heterocycles. The molecule has 1 aliphatic carbocycles. The highest BCUT2D eigenvalue weighted by atomic mass is 16.4. The molecule has 0 bridgehead atoms. The molecule has 1 saturated carbocycles. The van der Waals surface area contributed by atoms with Crippen molar-refractivity contribution < 1.29 is 19.8 Å². The summed E-state index contributed by atoms with van der Waals surface area (Å²) in [5.74, 6) is -1.14. The fraction of sp³-hybridized carbons (Fsp3) is 0.833. The number of carboxylic acid groups (broad SMARTS) is 1. The standard InChI is InChI=1S/C12H21NO4/c1-2-9(8-14)13-10(15)7-12(11(16)17)5-3-4-6-12/h9,14H,2-8H2,1H3,(H,13,15)(H,16,17)/t9-/m0/s1. The van der Waals surface area contributed by atoms with Gasteiger partial charge in [-0.25, -0.2) is 0 Å². The smallest absolute Gasteiger partial charge is 0.310 e. The van der Waals surface area contributed by atoms with Crippen LogP contribution < -0.4 is 5.32 Å². The van der Waals surface area contributed by atoms with Gasteiger partial charge in [0, 0.05) is 6.42 Å². The Morgan fingerprint density at radius 3 is 2.35 bits per heavy atom. The van der Waals surface area contributed by atoms with Gasteiger partial charge in [-0.05, 0) is 19.3 Å². The molecule has 17 heavy (non-hydrogen) atoms. The molecular formula is C12H21NO4. The van der Waals surface area contributed by atoms with Crippen molar-refractivity contribution in [2.24, 2.45) is 5.41 Å². The third-order valence-electron chi connectivity index (χ3n) is 3.59. The average molecular weight is 243 g/mol. The number of hydrogen-bond donors (Lipinski definition) is 3.